The number of piperidine rings is 1. The van der Waals surface area contributed by atoms with Gasteiger partial charge >= 0.3 is 0 Å². The van der Waals surface area contributed by atoms with Crippen molar-refractivity contribution in [3.63, 3.8) is 0 Å². The van der Waals surface area contributed by atoms with Crippen molar-refractivity contribution in [2.75, 3.05) is 6.54 Å². The summed E-state index contributed by atoms with van der Waals surface area (Å²) in [6.07, 6.45) is 2.27. The summed E-state index contributed by atoms with van der Waals surface area (Å²) in [5.74, 6) is 0.0787. The normalized spacial score (nSPS) is 23.0. The summed E-state index contributed by atoms with van der Waals surface area (Å²) in [4.78, 5) is 22.1. The van der Waals surface area contributed by atoms with E-state index in [0.29, 0.717) is 13.0 Å². The second-order valence-electron chi connectivity index (χ2n) is 6.99. The lowest BCUT2D eigenvalue weighted by molar-refractivity contribution is -0.162. The third kappa shape index (κ3) is 2.86. The van der Waals surface area contributed by atoms with Crippen molar-refractivity contribution in [3.8, 4) is 0 Å². The maximum Gasteiger partial charge on any atom is 0.270 e. The van der Waals surface area contributed by atoms with Gasteiger partial charge in [0.15, 0.2) is 0 Å². The van der Waals surface area contributed by atoms with Gasteiger partial charge in [-0.2, -0.15) is 0 Å². The first-order valence-corrected chi connectivity index (χ1v) is 9.60. The summed E-state index contributed by atoms with van der Waals surface area (Å²) in [6.45, 7) is 5.59. The predicted octanol–water partition coefficient (Wildman–Crippen LogP) is 4.05. The van der Waals surface area contributed by atoms with Crippen molar-refractivity contribution in [3.05, 3.63) is 57.3 Å². The Morgan fingerprint density at radius 1 is 1.24 bits per heavy atom. The zero-order valence-corrected chi connectivity index (χ0v) is 15.4. The minimum Gasteiger partial charge on any atom is -0.378 e. The van der Waals surface area contributed by atoms with E-state index in [1.54, 1.807) is 11.3 Å². The average Bonchev–Trinajstić information content (AvgIpc) is 3.21. The second kappa shape index (κ2) is 6.30. The van der Waals surface area contributed by atoms with Crippen LogP contribution in [0.5, 0.6) is 0 Å². The molecule has 0 bridgehead atoms. The van der Waals surface area contributed by atoms with Gasteiger partial charge in [0.1, 0.15) is 5.71 Å². The number of oxime groups is 1. The molecule has 0 saturated carbocycles. The van der Waals surface area contributed by atoms with Gasteiger partial charge in [0.2, 0.25) is 5.60 Å². The molecule has 0 radical (unpaired) electrons. The molecule has 3 heterocycles. The molecule has 0 aliphatic carbocycles. The van der Waals surface area contributed by atoms with E-state index in [1.807, 2.05) is 17.0 Å². The van der Waals surface area contributed by atoms with E-state index in [-0.39, 0.29) is 5.91 Å². The number of carbonyl (C=O) groups is 1. The third-order valence-corrected chi connectivity index (χ3v) is 6.28. The minimum atomic E-state index is -0.799. The highest BCUT2D eigenvalue weighted by Crippen LogP contribution is 2.38. The number of hydrogen-bond donors (Lipinski definition) is 0. The average molecular weight is 354 g/mol. The van der Waals surface area contributed by atoms with Crippen molar-refractivity contribution >= 4 is 23.0 Å². The van der Waals surface area contributed by atoms with Gasteiger partial charge in [-0.25, -0.2) is 0 Å². The molecule has 2 aliphatic rings. The lowest BCUT2D eigenvalue weighted by Crippen LogP contribution is -2.53. The highest BCUT2D eigenvalue weighted by molar-refractivity contribution is 7.12. The van der Waals surface area contributed by atoms with Crippen LogP contribution < -0.4 is 0 Å². The Balaban J connectivity index is 1.53. The van der Waals surface area contributed by atoms with Crippen LogP contribution in [0.25, 0.3) is 0 Å². The van der Waals surface area contributed by atoms with Crippen LogP contribution in [0.15, 0.2) is 40.9 Å². The number of aryl methyl sites for hydroxylation is 2. The molecule has 1 amide bonds. The molecule has 1 aromatic carbocycles. The molecule has 1 spiro atoms. The fraction of sp³-hybridized carbons (Fsp3) is 0.400. The molecule has 130 valence electrons. The summed E-state index contributed by atoms with van der Waals surface area (Å²) in [6, 6.07) is 10.3. The number of benzene rings is 1. The van der Waals surface area contributed by atoms with Gasteiger partial charge in [-0.3, -0.25) is 4.79 Å². The Morgan fingerprint density at radius 2 is 2.08 bits per heavy atom. The van der Waals surface area contributed by atoms with Crippen LogP contribution in [0.1, 0.15) is 40.8 Å². The number of nitrogens with zero attached hydrogens (tertiary/aromatic N) is 2. The van der Waals surface area contributed by atoms with Gasteiger partial charge in [-0.1, -0.05) is 29.4 Å². The van der Waals surface area contributed by atoms with Gasteiger partial charge in [0, 0.05) is 25.9 Å². The number of thiophene rings is 1. The van der Waals surface area contributed by atoms with Gasteiger partial charge in [-0.15, -0.1) is 11.3 Å². The Kier molecular flexibility index (Phi) is 4.12. The molecule has 2 aliphatic heterocycles. The van der Waals surface area contributed by atoms with Crippen LogP contribution in [0.2, 0.25) is 0 Å². The summed E-state index contributed by atoms with van der Waals surface area (Å²) in [7, 11) is 0. The van der Waals surface area contributed by atoms with E-state index in [2.05, 4.69) is 42.6 Å². The first-order chi connectivity index (χ1) is 12.1. The number of hydrogen-bond acceptors (Lipinski definition) is 4. The molecule has 4 rings (SSSR count). The van der Waals surface area contributed by atoms with E-state index in [4.69, 9.17) is 4.84 Å². The van der Waals surface area contributed by atoms with Crippen molar-refractivity contribution in [1.82, 2.24) is 4.90 Å². The van der Waals surface area contributed by atoms with Crippen LogP contribution in [-0.2, 0) is 16.2 Å². The van der Waals surface area contributed by atoms with Crippen molar-refractivity contribution in [2.45, 2.75) is 45.3 Å². The van der Waals surface area contributed by atoms with Gasteiger partial charge in [-0.05, 0) is 48.4 Å². The molecule has 1 unspecified atom stereocenters. The van der Waals surface area contributed by atoms with Crippen molar-refractivity contribution in [1.29, 1.82) is 0 Å². The van der Waals surface area contributed by atoms with Gasteiger partial charge < -0.3 is 9.74 Å². The topological polar surface area (TPSA) is 41.9 Å². The SMILES string of the molecule is Cc1ccccc1CN1CCCC2(CC(c3sccc3C)=NO2)C1=O. The Labute approximate surface area is 152 Å². The second-order valence-corrected chi connectivity index (χ2v) is 7.91. The zero-order chi connectivity index (χ0) is 17.4. The number of likely N-dealkylation sites (tertiary alicyclic amines) is 1. The standard InChI is InChI=1S/C20H22N2O2S/c1-14-6-3-4-7-16(14)13-22-10-5-9-20(19(22)23)12-17(21-24-20)18-15(2)8-11-25-18/h3-4,6-8,11H,5,9-10,12-13H2,1-2H3. The predicted molar refractivity (Wildman–Crippen MR) is 99.9 cm³/mol. The van der Waals surface area contributed by atoms with Gasteiger partial charge in [0.25, 0.3) is 5.91 Å². The van der Waals surface area contributed by atoms with E-state index in [9.17, 15) is 4.79 Å². The highest BCUT2D eigenvalue weighted by Gasteiger charge is 2.51. The smallest absolute Gasteiger partial charge is 0.270 e. The molecule has 25 heavy (non-hydrogen) atoms. The maximum atomic E-state index is 13.2. The summed E-state index contributed by atoms with van der Waals surface area (Å²) in [5.41, 5.74) is 3.73. The molecule has 2 aromatic rings. The van der Waals surface area contributed by atoms with Crippen molar-refractivity contribution in [2.24, 2.45) is 5.16 Å². The van der Waals surface area contributed by atoms with E-state index >= 15 is 0 Å². The van der Waals surface area contributed by atoms with E-state index in [0.717, 1.165) is 30.0 Å². The molecule has 1 fully saturated rings. The Morgan fingerprint density at radius 3 is 2.84 bits per heavy atom. The summed E-state index contributed by atoms with van der Waals surface area (Å²) < 4.78 is 0. The highest BCUT2D eigenvalue weighted by atomic mass is 32.1. The minimum absolute atomic E-state index is 0.0787. The van der Waals surface area contributed by atoms with E-state index in [1.165, 1.54) is 16.7 Å². The summed E-state index contributed by atoms with van der Waals surface area (Å²) in [5, 5.41) is 6.37. The van der Waals surface area contributed by atoms with Crippen LogP contribution >= 0.6 is 11.3 Å². The molecular formula is C20H22N2O2S. The molecule has 1 saturated heterocycles. The Bertz CT molecular complexity index is 842. The van der Waals surface area contributed by atoms with Gasteiger partial charge in [0.05, 0.1) is 4.88 Å². The molecule has 1 aromatic heterocycles. The molecule has 5 heteroatoms. The van der Waals surface area contributed by atoms with E-state index < -0.39 is 5.60 Å². The summed E-state index contributed by atoms with van der Waals surface area (Å²) >= 11 is 1.67. The molecular weight excluding hydrogens is 332 g/mol. The fourth-order valence-electron chi connectivity index (χ4n) is 3.71. The monoisotopic (exact) mass is 354 g/mol. The van der Waals surface area contributed by atoms with Crippen LogP contribution in [0.4, 0.5) is 0 Å². The first-order valence-electron chi connectivity index (χ1n) is 8.72. The molecule has 4 nitrogen and oxygen atoms in total. The quantitative estimate of drug-likeness (QED) is 0.834. The maximum absolute atomic E-state index is 13.2. The van der Waals surface area contributed by atoms with Crippen LogP contribution in [0, 0.1) is 13.8 Å². The lowest BCUT2D eigenvalue weighted by atomic mass is 9.86. The van der Waals surface area contributed by atoms with Crippen molar-refractivity contribution < 1.29 is 9.63 Å². The first kappa shape index (κ1) is 16.3. The third-order valence-electron chi connectivity index (χ3n) is 5.22. The number of rotatable bonds is 3. The number of amides is 1. The fourth-order valence-corrected chi connectivity index (χ4v) is 4.62. The lowest BCUT2D eigenvalue weighted by Gasteiger charge is -2.37. The largest absolute Gasteiger partial charge is 0.378 e. The van der Waals surface area contributed by atoms with Crippen LogP contribution in [-0.4, -0.2) is 28.7 Å². The molecule has 0 N–H and O–H groups in total. The molecule has 1 atom stereocenters. The van der Waals surface area contributed by atoms with Crippen LogP contribution in [0.3, 0.4) is 0 Å². The Hall–Kier alpha value is -2.14. The zero-order valence-electron chi connectivity index (χ0n) is 14.6. The number of carbonyl (C=O) groups excluding carboxylic acids is 1.